The van der Waals surface area contributed by atoms with Gasteiger partial charge in [0.25, 0.3) is 0 Å². The van der Waals surface area contributed by atoms with Crippen LogP contribution in [0.25, 0.3) is 10.9 Å². The van der Waals surface area contributed by atoms with Crippen LogP contribution in [0.4, 0.5) is 5.00 Å². The molecule has 1 fully saturated rings. The summed E-state index contributed by atoms with van der Waals surface area (Å²) < 4.78 is 4.45. The van der Waals surface area contributed by atoms with Crippen LogP contribution in [0, 0.1) is 0 Å². The molecule has 0 unspecified atom stereocenters. The average molecular weight is 234 g/mol. The first-order valence-corrected chi connectivity index (χ1v) is 6.39. The van der Waals surface area contributed by atoms with Gasteiger partial charge in [0.1, 0.15) is 5.00 Å². The van der Waals surface area contributed by atoms with Crippen LogP contribution in [0.3, 0.4) is 0 Å². The Hall–Kier alpha value is -1.13. The van der Waals surface area contributed by atoms with Gasteiger partial charge in [0.2, 0.25) is 0 Å². The topological polar surface area (TPSA) is 36.4 Å². The van der Waals surface area contributed by atoms with Gasteiger partial charge in [-0.05, 0) is 36.5 Å². The second-order valence-corrected chi connectivity index (χ2v) is 4.97. The van der Waals surface area contributed by atoms with E-state index in [2.05, 4.69) is 21.4 Å². The summed E-state index contributed by atoms with van der Waals surface area (Å²) in [5.74, 6) is 0. The molecule has 0 atom stereocenters. The Labute approximate surface area is 98.5 Å². The molecule has 84 valence electrons. The summed E-state index contributed by atoms with van der Waals surface area (Å²) in [7, 11) is 0. The standard InChI is InChI=1S/C12H14N2OS/c15-9-5-7-14(8-6-9)12-10-3-1-2-4-11(10)13-16-12/h1-4,9,15H,5-8H2. The fourth-order valence-electron chi connectivity index (χ4n) is 2.17. The number of aliphatic hydroxyl groups excluding tert-OH is 1. The van der Waals surface area contributed by atoms with E-state index >= 15 is 0 Å². The average Bonchev–Trinajstić information content (AvgIpc) is 2.74. The zero-order chi connectivity index (χ0) is 11.0. The normalized spacial score (nSPS) is 18.2. The van der Waals surface area contributed by atoms with E-state index in [1.807, 2.05) is 12.1 Å². The van der Waals surface area contributed by atoms with Crippen molar-refractivity contribution in [1.29, 1.82) is 0 Å². The Balaban J connectivity index is 1.94. The Bertz CT molecular complexity index is 488. The molecule has 0 bridgehead atoms. The molecule has 16 heavy (non-hydrogen) atoms. The highest BCUT2D eigenvalue weighted by Gasteiger charge is 2.20. The molecule has 0 aliphatic carbocycles. The van der Waals surface area contributed by atoms with Crippen molar-refractivity contribution >= 4 is 27.4 Å². The lowest BCUT2D eigenvalue weighted by Gasteiger charge is -2.30. The summed E-state index contributed by atoms with van der Waals surface area (Å²) >= 11 is 1.56. The van der Waals surface area contributed by atoms with Crippen LogP contribution >= 0.6 is 11.5 Å². The molecule has 0 spiro atoms. The molecule has 1 aromatic heterocycles. The molecule has 3 rings (SSSR count). The summed E-state index contributed by atoms with van der Waals surface area (Å²) in [6.45, 7) is 1.88. The summed E-state index contributed by atoms with van der Waals surface area (Å²) in [5.41, 5.74) is 1.08. The van der Waals surface area contributed by atoms with Crippen LogP contribution in [0.2, 0.25) is 0 Å². The first-order chi connectivity index (χ1) is 7.84. The van der Waals surface area contributed by atoms with Crippen molar-refractivity contribution in [3.8, 4) is 0 Å². The predicted octanol–water partition coefficient (Wildman–Crippen LogP) is 2.26. The summed E-state index contributed by atoms with van der Waals surface area (Å²) in [6.07, 6.45) is 1.62. The van der Waals surface area contributed by atoms with Crippen molar-refractivity contribution in [2.75, 3.05) is 18.0 Å². The SMILES string of the molecule is OC1CCN(c2snc3ccccc23)CC1. The van der Waals surface area contributed by atoms with Crippen LogP contribution in [0.5, 0.6) is 0 Å². The number of anilines is 1. The third-order valence-electron chi connectivity index (χ3n) is 3.12. The zero-order valence-electron chi connectivity index (χ0n) is 8.97. The molecule has 3 nitrogen and oxygen atoms in total. The largest absolute Gasteiger partial charge is 0.393 e. The minimum absolute atomic E-state index is 0.115. The quantitative estimate of drug-likeness (QED) is 0.822. The number of benzene rings is 1. The Morgan fingerprint density at radius 1 is 1.25 bits per heavy atom. The molecule has 2 aromatic rings. The third-order valence-corrected chi connectivity index (χ3v) is 4.06. The minimum Gasteiger partial charge on any atom is -0.393 e. The molecule has 1 aliphatic rings. The van der Waals surface area contributed by atoms with Gasteiger partial charge < -0.3 is 10.0 Å². The number of fused-ring (bicyclic) bond motifs is 1. The summed E-state index contributed by atoms with van der Waals surface area (Å²) in [6, 6.07) is 8.25. The highest BCUT2D eigenvalue weighted by molar-refractivity contribution is 7.11. The lowest BCUT2D eigenvalue weighted by molar-refractivity contribution is 0.145. The van der Waals surface area contributed by atoms with Crippen LogP contribution in [0.1, 0.15) is 12.8 Å². The van der Waals surface area contributed by atoms with E-state index in [0.29, 0.717) is 0 Å². The van der Waals surface area contributed by atoms with E-state index in [9.17, 15) is 5.11 Å². The second kappa shape index (κ2) is 4.03. The maximum atomic E-state index is 9.50. The van der Waals surface area contributed by atoms with E-state index in [1.54, 1.807) is 11.5 Å². The maximum Gasteiger partial charge on any atom is 0.119 e. The fraction of sp³-hybridized carbons (Fsp3) is 0.417. The summed E-state index contributed by atoms with van der Waals surface area (Å²) in [4.78, 5) is 2.34. The number of aromatic nitrogens is 1. The predicted molar refractivity (Wildman–Crippen MR) is 67.1 cm³/mol. The Morgan fingerprint density at radius 2 is 2.00 bits per heavy atom. The number of nitrogens with zero attached hydrogens (tertiary/aromatic N) is 2. The van der Waals surface area contributed by atoms with Gasteiger partial charge in [0, 0.05) is 18.5 Å². The monoisotopic (exact) mass is 234 g/mol. The van der Waals surface area contributed by atoms with E-state index in [-0.39, 0.29) is 6.10 Å². The van der Waals surface area contributed by atoms with Gasteiger partial charge in [0.15, 0.2) is 0 Å². The molecule has 0 amide bonds. The second-order valence-electron chi connectivity index (χ2n) is 4.22. The third kappa shape index (κ3) is 1.68. The summed E-state index contributed by atoms with van der Waals surface area (Å²) in [5, 5.41) is 12.0. The number of hydrogen-bond donors (Lipinski definition) is 1. The van der Waals surface area contributed by atoms with Crippen LogP contribution < -0.4 is 4.90 Å². The fourth-order valence-corrected chi connectivity index (χ4v) is 3.09. The molecular formula is C12H14N2OS. The van der Waals surface area contributed by atoms with E-state index in [1.165, 1.54) is 10.4 Å². The van der Waals surface area contributed by atoms with Crippen LogP contribution in [-0.2, 0) is 0 Å². The van der Waals surface area contributed by atoms with Gasteiger partial charge >= 0.3 is 0 Å². The van der Waals surface area contributed by atoms with Crippen molar-refractivity contribution in [2.45, 2.75) is 18.9 Å². The van der Waals surface area contributed by atoms with Crippen molar-refractivity contribution in [3.05, 3.63) is 24.3 Å². The molecule has 0 saturated carbocycles. The number of hydrogen-bond acceptors (Lipinski definition) is 4. The lowest BCUT2D eigenvalue weighted by Crippen LogP contribution is -2.35. The molecule has 1 aliphatic heterocycles. The first-order valence-electron chi connectivity index (χ1n) is 5.62. The highest BCUT2D eigenvalue weighted by Crippen LogP contribution is 2.32. The Kier molecular flexibility index (Phi) is 2.53. The van der Waals surface area contributed by atoms with Crippen molar-refractivity contribution in [3.63, 3.8) is 0 Å². The molecule has 1 N–H and O–H groups in total. The molecule has 1 aromatic carbocycles. The molecule has 0 radical (unpaired) electrons. The van der Waals surface area contributed by atoms with Crippen LogP contribution in [0.15, 0.2) is 24.3 Å². The van der Waals surface area contributed by atoms with Gasteiger partial charge in [-0.25, -0.2) is 0 Å². The van der Waals surface area contributed by atoms with E-state index < -0.39 is 0 Å². The van der Waals surface area contributed by atoms with Gasteiger partial charge in [0.05, 0.1) is 11.6 Å². The maximum absolute atomic E-state index is 9.50. The van der Waals surface area contributed by atoms with Crippen molar-refractivity contribution < 1.29 is 5.11 Å². The van der Waals surface area contributed by atoms with Gasteiger partial charge in [-0.15, -0.1) is 0 Å². The van der Waals surface area contributed by atoms with Crippen molar-refractivity contribution in [1.82, 2.24) is 4.37 Å². The van der Waals surface area contributed by atoms with Gasteiger partial charge in [-0.3, -0.25) is 0 Å². The number of rotatable bonds is 1. The van der Waals surface area contributed by atoms with Crippen molar-refractivity contribution in [2.24, 2.45) is 0 Å². The molecule has 2 heterocycles. The number of piperidine rings is 1. The zero-order valence-corrected chi connectivity index (χ0v) is 9.78. The first kappa shape index (κ1) is 10.1. The minimum atomic E-state index is -0.115. The molecule has 4 heteroatoms. The van der Waals surface area contributed by atoms with Gasteiger partial charge in [-0.1, -0.05) is 12.1 Å². The Morgan fingerprint density at radius 3 is 2.81 bits per heavy atom. The smallest absolute Gasteiger partial charge is 0.119 e. The van der Waals surface area contributed by atoms with E-state index in [0.717, 1.165) is 31.4 Å². The highest BCUT2D eigenvalue weighted by atomic mass is 32.1. The number of aliphatic hydroxyl groups is 1. The van der Waals surface area contributed by atoms with Gasteiger partial charge in [-0.2, -0.15) is 4.37 Å². The van der Waals surface area contributed by atoms with E-state index in [4.69, 9.17) is 0 Å². The lowest BCUT2D eigenvalue weighted by atomic mass is 10.1. The van der Waals surface area contributed by atoms with Crippen LogP contribution in [-0.4, -0.2) is 28.7 Å². The molecule has 1 saturated heterocycles. The molecular weight excluding hydrogens is 220 g/mol.